The second kappa shape index (κ2) is 13.2. The van der Waals surface area contributed by atoms with Crippen molar-refractivity contribution >= 4 is 23.2 Å². The second-order valence-electron chi connectivity index (χ2n) is 11.7. The van der Waals surface area contributed by atoms with Crippen LogP contribution in [-0.2, 0) is 30.2 Å². The van der Waals surface area contributed by atoms with Crippen LogP contribution < -0.4 is 4.74 Å². The Morgan fingerprint density at radius 1 is 0.761 bits per heavy atom. The minimum atomic E-state index is -0.506. The number of nitrogens with zero attached hydrogens (tertiary/aromatic N) is 2. The Bertz CT molecular complexity index is 1900. The zero-order valence-corrected chi connectivity index (χ0v) is 27.1. The number of halogens is 2. The molecule has 1 aromatic heterocycles. The van der Waals surface area contributed by atoms with Crippen molar-refractivity contribution in [1.82, 2.24) is 9.55 Å². The maximum absolute atomic E-state index is 6.65. The first kappa shape index (κ1) is 30.3. The van der Waals surface area contributed by atoms with E-state index in [1.165, 1.54) is 16.8 Å². The van der Waals surface area contributed by atoms with Gasteiger partial charge in [0, 0.05) is 34.8 Å². The number of aromatic nitrogens is 2. The van der Waals surface area contributed by atoms with Crippen LogP contribution in [0, 0.1) is 5.92 Å². The number of hydrogen-bond acceptors (Lipinski definition) is 3. The van der Waals surface area contributed by atoms with Crippen LogP contribution in [0.1, 0.15) is 34.5 Å². The summed E-state index contributed by atoms with van der Waals surface area (Å²) in [6, 6.07) is 45.3. The zero-order valence-electron chi connectivity index (χ0n) is 25.6. The van der Waals surface area contributed by atoms with Crippen LogP contribution in [0.15, 0.2) is 133 Å². The third-order valence-electron chi connectivity index (χ3n) is 9.08. The van der Waals surface area contributed by atoms with Crippen molar-refractivity contribution in [3.8, 4) is 22.9 Å². The molecule has 0 saturated heterocycles. The van der Waals surface area contributed by atoms with E-state index in [2.05, 4.69) is 96.5 Å². The molecule has 0 radical (unpaired) electrons. The van der Waals surface area contributed by atoms with Gasteiger partial charge in [-0.05, 0) is 48.2 Å². The van der Waals surface area contributed by atoms with Crippen LogP contribution in [0.5, 0.6) is 11.5 Å². The Labute approximate surface area is 280 Å². The van der Waals surface area contributed by atoms with Gasteiger partial charge in [0.1, 0.15) is 17.3 Å². The lowest BCUT2D eigenvalue weighted by Gasteiger charge is -2.44. The molecule has 0 N–H and O–H groups in total. The molecular formula is C40H34Cl2N2O2. The first-order valence-corrected chi connectivity index (χ1v) is 16.3. The molecule has 230 valence electrons. The fourth-order valence-electron chi connectivity index (χ4n) is 6.93. The Morgan fingerprint density at radius 3 is 2.07 bits per heavy atom. The lowest BCUT2D eigenvalue weighted by molar-refractivity contribution is 0.0618. The smallest absolute Gasteiger partial charge is 0.146 e. The van der Waals surface area contributed by atoms with Crippen molar-refractivity contribution in [3.63, 3.8) is 0 Å². The molecule has 0 fully saturated rings. The molecule has 7 rings (SSSR count). The molecule has 1 atom stereocenters. The summed E-state index contributed by atoms with van der Waals surface area (Å²) in [5, 5.41) is 1.02. The predicted octanol–water partition coefficient (Wildman–Crippen LogP) is 10.3. The highest BCUT2D eigenvalue weighted by atomic mass is 35.5. The molecule has 1 unspecified atom stereocenters. The average Bonchev–Trinajstić information content (AvgIpc) is 3.44. The van der Waals surface area contributed by atoms with E-state index in [1.54, 1.807) is 18.2 Å². The molecule has 0 saturated carbocycles. The van der Waals surface area contributed by atoms with Gasteiger partial charge < -0.3 is 14.0 Å². The molecule has 6 heteroatoms. The SMILES string of the molecule is Cn1c(-c2ccccc2)nc2c1CCC(COCc1ccccc1Oc1ccc(Cl)cc1Cl)C2(c1ccccc1)c1ccccc1. The Balaban J connectivity index is 1.27. The summed E-state index contributed by atoms with van der Waals surface area (Å²) in [7, 11) is 2.15. The molecule has 1 aliphatic carbocycles. The minimum Gasteiger partial charge on any atom is -0.455 e. The fraction of sp³-hybridized carbons (Fsp3) is 0.175. The van der Waals surface area contributed by atoms with E-state index in [0.29, 0.717) is 34.8 Å². The standard InChI is InChI=1S/C40H34Cl2N2O2/c1-44-35-23-21-32(27-45-26-29-15-11-12-20-36(29)46-37-24-22-33(41)25-34(37)42)40(30-16-7-3-8-17-30,31-18-9-4-10-19-31)38(35)43-39(44)28-13-5-2-6-14-28/h2-20,22,24-25,32H,21,23,26-27H2,1H3. The van der Waals surface area contributed by atoms with Gasteiger partial charge in [-0.3, -0.25) is 0 Å². The Morgan fingerprint density at radius 2 is 1.39 bits per heavy atom. The van der Waals surface area contributed by atoms with Crippen LogP contribution in [0.25, 0.3) is 11.4 Å². The molecule has 4 nitrogen and oxygen atoms in total. The van der Waals surface area contributed by atoms with Crippen LogP contribution in [0.2, 0.25) is 10.0 Å². The topological polar surface area (TPSA) is 36.3 Å². The lowest BCUT2D eigenvalue weighted by atomic mass is 9.59. The van der Waals surface area contributed by atoms with Gasteiger partial charge in [0.15, 0.2) is 0 Å². The number of rotatable bonds is 9. The van der Waals surface area contributed by atoms with Gasteiger partial charge in [0.25, 0.3) is 0 Å². The summed E-state index contributed by atoms with van der Waals surface area (Å²) in [5.41, 5.74) is 6.35. The minimum absolute atomic E-state index is 0.127. The third-order valence-corrected chi connectivity index (χ3v) is 9.61. The van der Waals surface area contributed by atoms with Crippen molar-refractivity contribution in [3.05, 3.63) is 172 Å². The Kier molecular flexibility index (Phi) is 8.68. The van der Waals surface area contributed by atoms with E-state index in [1.807, 2.05) is 30.3 Å². The summed E-state index contributed by atoms with van der Waals surface area (Å²) in [6.07, 6.45) is 1.86. The van der Waals surface area contributed by atoms with E-state index in [4.69, 9.17) is 37.7 Å². The number of imidazole rings is 1. The number of fused-ring (bicyclic) bond motifs is 1. The van der Waals surface area contributed by atoms with Crippen LogP contribution >= 0.6 is 23.2 Å². The summed E-state index contributed by atoms with van der Waals surface area (Å²) in [4.78, 5) is 5.48. The lowest BCUT2D eigenvalue weighted by Crippen LogP contribution is -2.44. The normalized spacial score (nSPS) is 15.3. The molecule has 1 heterocycles. The van der Waals surface area contributed by atoms with E-state index in [9.17, 15) is 0 Å². The maximum atomic E-state index is 6.65. The number of para-hydroxylation sites is 1. The summed E-state index contributed by atoms with van der Waals surface area (Å²) in [6.45, 7) is 0.929. The van der Waals surface area contributed by atoms with Gasteiger partial charge in [0.05, 0.1) is 29.3 Å². The van der Waals surface area contributed by atoms with Gasteiger partial charge in [0.2, 0.25) is 0 Å². The van der Waals surface area contributed by atoms with Crippen molar-refractivity contribution < 1.29 is 9.47 Å². The molecule has 0 spiro atoms. The van der Waals surface area contributed by atoms with Crippen molar-refractivity contribution in [2.24, 2.45) is 13.0 Å². The summed E-state index contributed by atoms with van der Waals surface area (Å²) < 4.78 is 15.2. The quantitative estimate of drug-likeness (QED) is 0.157. The van der Waals surface area contributed by atoms with Gasteiger partial charge in [-0.25, -0.2) is 4.98 Å². The number of ether oxygens (including phenoxy) is 2. The first-order chi connectivity index (χ1) is 22.6. The highest BCUT2D eigenvalue weighted by molar-refractivity contribution is 6.35. The highest BCUT2D eigenvalue weighted by Crippen LogP contribution is 2.51. The monoisotopic (exact) mass is 644 g/mol. The molecular weight excluding hydrogens is 611 g/mol. The maximum Gasteiger partial charge on any atom is 0.146 e. The highest BCUT2D eigenvalue weighted by Gasteiger charge is 2.50. The van der Waals surface area contributed by atoms with Crippen molar-refractivity contribution in [1.29, 1.82) is 0 Å². The summed E-state index contributed by atoms with van der Waals surface area (Å²) in [5.74, 6) is 2.36. The number of hydrogen-bond donors (Lipinski definition) is 0. The van der Waals surface area contributed by atoms with Gasteiger partial charge >= 0.3 is 0 Å². The van der Waals surface area contributed by atoms with E-state index >= 15 is 0 Å². The third kappa shape index (κ3) is 5.62. The van der Waals surface area contributed by atoms with E-state index in [0.717, 1.165) is 35.5 Å². The Hall–Kier alpha value is -4.35. The van der Waals surface area contributed by atoms with Crippen LogP contribution in [0.3, 0.4) is 0 Å². The van der Waals surface area contributed by atoms with Crippen LogP contribution in [0.4, 0.5) is 0 Å². The predicted molar refractivity (Wildman–Crippen MR) is 186 cm³/mol. The number of benzene rings is 5. The van der Waals surface area contributed by atoms with Crippen molar-refractivity contribution in [2.45, 2.75) is 24.9 Å². The molecule has 0 bridgehead atoms. The molecule has 0 aliphatic heterocycles. The largest absolute Gasteiger partial charge is 0.455 e. The second-order valence-corrected chi connectivity index (χ2v) is 12.6. The zero-order chi connectivity index (χ0) is 31.5. The van der Waals surface area contributed by atoms with Gasteiger partial charge in [-0.2, -0.15) is 0 Å². The van der Waals surface area contributed by atoms with E-state index < -0.39 is 5.41 Å². The van der Waals surface area contributed by atoms with Gasteiger partial charge in [-0.1, -0.05) is 132 Å². The van der Waals surface area contributed by atoms with Crippen molar-refractivity contribution in [2.75, 3.05) is 6.61 Å². The van der Waals surface area contributed by atoms with Gasteiger partial charge in [-0.15, -0.1) is 0 Å². The van der Waals surface area contributed by atoms with E-state index in [-0.39, 0.29) is 5.92 Å². The fourth-order valence-corrected chi connectivity index (χ4v) is 7.38. The van der Waals surface area contributed by atoms with Crippen LogP contribution in [-0.4, -0.2) is 16.2 Å². The first-order valence-electron chi connectivity index (χ1n) is 15.6. The molecule has 5 aromatic carbocycles. The molecule has 6 aromatic rings. The molecule has 46 heavy (non-hydrogen) atoms. The summed E-state index contributed by atoms with van der Waals surface area (Å²) >= 11 is 12.5. The average molecular weight is 646 g/mol. The molecule has 0 amide bonds. The molecule has 1 aliphatic rings.